The van der Waals surface area contributed by atoms with Gasteiger partial charge in [0.25, 0.3) is 0 Å². The van der Waals surface area contributed by atoms with Gasteiger partial charge in [-0.25, -0.2) is 9.18 Å². The number of Topliss-reactive ketones (excluding diaryl/α,β-unsaturated/α-hetero) is 1. The van der Waals surface area contributed by atoms with Crippen LogP contribution < -0.4 is 4.74 Å². The van der Waals surface area contributed by atoms with Crippen LogP contribution in [0.15, 0.2) is 36.4 Å². The van der Waals surface area contributed by atoms with Gasteiger partial charge in [0.2, 0.25) is 6.10 Å². The maximum atomic E-state index is 13.2. The Kier molecular flexibility index (Phi) is 9.58. The Bertz CT molecular complexity index is 859. The first-order valence-corrected chi connectivity index (χ1v) is 11.7. The molecular formula is C25H33FO8. The van der Waals surface area contributed by atoms with Crippen LogP contribution in [0.3, 0.4) is 0 Å². The van der Waals surface area contributed by atoms with E-state index in [1.807, 2.05) is 0 Å². The number of aliphatic hydroxyl groups excluding tert-OH is 2. The molecule has 1 saturated heterocycles. The van der Waals surface area contributed by atoms with Gasteiger partial charge in [0.05, 0.1) is 25.4 Å². The molecule has 34 heavy (non-hydrogen) atoms. The summed E-state index contributed by atoms with van der Waals surface area (Å²) < 4.78 is 30.1. The number of halogens is 1. The molecule has 9 heteroatoms. The van der Waals surface area contributed by atoms with Crippen molar-refractivity contribution in [2.75, 3.05) is 19.8 Å². The standard InChI is InChI=1S/C25H33FO8/c1-2-21(28)24(25(30)31)34-13-15-6-8-20-19(22(29)11-23(20)33-12-15)9-7-17(27)14-32-18-5-3-4-16(26)10-18/h3-5,7,9-10,15,17,19-20,22-24,27,29H,2,6,8,11-14H2,1H3,(H,30,31)/b9-7+/t15-,17-,19-,20-,22-,23+,24?/m1/s1. The number of ketones is 1. The maximum absolute atomic E-state index is 13.2. The largest absolute Gasteiger partial charge is 0.490 e. The predicted octanol–water partition coefficient (Wildman–Crippen LogP) is 2.36. The number of fused-ring (bicyclic) bond motifs is 1. The van der Waals surface area contributed by atoms with E-state index in [2.05, 4.69) is 0 Å². The lowest BCUT2D eigenvalue weighted by Gasteiger charge is -2.21. The van der Waals surface area contributed by atoms with Crippen molar-refractivity contribution < 1.29 is 43.5 Å². The quantitative estimate of drug-likeness (QED) is 0.326. The summed E-state index contributed by atoms with van der Waals surface area (Å²) in [4.78, 5) is 23.1. The van der Waals surface area contributed by atoms with Crippen LogP contribution in [0.4, 0.5) is 4.39 Å². The van der Waals surface area contributed by atoms with E-state index in [4.69, 9.17) is 14.2 Å². The molecule has 0 radical (unpaired) electrons. The molecule has 1 heterocycles. The zero-order chi connectivity index (χ0) is 24.7. The molecule has 3 rings (SSSR count). The first-order valence-electron chi connectivity index (χ1n) is 11.7. The Hall–Kier alpha value is -2.33. The highest BCUT2D eigenvalue weighted by Crippen LogP contribution is 2.41. The van der Waals surface area contributed by atoms with E-state index < -0.39 is 35.9 Å². The van der Waals surface area contributed by atoms with Crippen LogP contribution >= 0.6 is 0 Å². The number of carboxylic acids is 1. The van der Waals surface area contributed by atoms with Crippen molar-refractivity contribution in [3.05, 3.63) is 42.2 Å². The third-order valence-corrected chi connectivity index (χ3v) is 6.48. The fourth-order valence-corrected chi connectivity index (χ4v) is 4.62. The van der Waals surface area contributed by atoms with E-state index in [9.17, 15) is 29.3 Å². The number of hydrogen-bond donors (Lipinski definition) is 3. The summed E-state index contributed by atoms with van der Waals surface area (Å²) in [6, 6.07) is 5.67. The Morgan fingerprint density at radius 2 is 2.12 bits per heavy atom. The van der Waals surface area contributed by atoms with Crippen LogP contribution in [0.1, 0.15) is 32.6 Å². The number of carbonyl (C=O) groups is 2. The molecule has 2 fully saturated rings. The van der Waals surface area contributed by atoms with Crippen LogP contribution in [0.25, 0.3) is 0 Å². The minimum absolute atomic E-state index is 0.0418. The van der Waals surface area contributed by atoms with Gasteiger partial charge in [-0.2, -0.15) is 0 Å². The Labute approximate surface area is 198 Å². The van der Waals surface area contributed by atoms with Gasteiger partial charge in [-0.1, -0.05) is 25.1 Å². The van der Waals surface area contributed by atoms with Gasteiger partial charge in [0.1, 0.15) is 24.3 Å². The van der Waals surface area contributed by atoms with E-state index in [0.717, 1.165) is 6.42 Å². The second-order valence-corrected chi connectivity index (χ2v) is 8.95. The summed E-state index contributed by atoms with van der Waals surface area (Å²) in [7, 11) is 0. The third kappa shape index (κ3) is 7.09. The van der Waals surface area contributed by atoms with Gasteiger partial charge < -0.3 is 29.5 Å². The first-order chi connectivity index (χ1) is 16.3. The van der Waals surface area contributed by atoms with Gasteiger partial charge >= 0.3 is 5.97 Å². The summed E-state index contributed by atoms with van der Waals surface area (Å²) in [5.41, 5.74) is 0. The van der Waals surface area contributed by atoms with E-state index in [0.29, 0.717) is 25.2 Å². The summed E-state index contributed by atoms with van der Waals surface area (Å²) in [5.74, 6) is -2.07. The topological polar surface area (TPSA) is 123 Å². The second-order valence-electron chi connectivity index (χ2n) is 8.95. The van der Waals surface area contributed by atoms with E-state index in [1.54, 1.807) is 25.1 Å². The molecule has 0 spiro atoms. The fourth-order valence-electron chi connectivity index (χ4n) is 4.62. The summed E-state index contributed by atoms with van der Waals surface area (Å²) in [6.45, 7) is 2.03. The Morgan fingerprint density at radius 3 is 2.82 bits per heavy atom. The highest BCUT2D eigenvalue weighted by molar-refractivity contribution is 6.01. The normalized spacial score (nSPS) is 28.8. The molecule has 8 nitrogen and oxygen atoms in total. The minimum atomic E-state index is -1.46. The molecule has 0 bridgehead atoms. The monoisotopic (exact) mass is 480 g/mol. The van der Waals surface area contributed by atoms with Crippen LogP contribution in [0.2, 0.25) is 0 Å². The van der Waals surface area contributed by atoms with Gasteiger partial charge in [-0.05, 0) is 30.9 Å². The van der Waals surface area contributed by atoms with E-state index in [1.165, 1.54) is 18.2 Å². The van der Waals surface area contributed by atoms with Gasteiger partial charge in [0, 0.05) is 30.7 Å². The fraction of sp³-hybridized carbons (Fsp3) is 0.600. The molecule has 1 aromatic carbocycles. The SMILES string of the molecule is CCC(=O)C(OC[C@@H]1CC[C@@H]2[C@@H](/C=C/[C@@H](O)COc3cccc(F)c3)[C@H](O)C[C@@H]2OC1)C(=O)O. The molecule has 188 valence electrons. The van der Waals surface area contributed by atoms with Crippen molar-refractivity contribution in [1.29, 1.82) is 0 Å². The Balaban J connectivity index is 1.51. The molecule has 1 unspecified atom stereocenters. The highest BCUT2D eigenvalue weighted by atomic mass is 19.1. The van der Waals surface area contributed by atoms with Crippen LogP contribution in [0, 0.1) is 23.6 Å². The highest BCUT2D eigenvalue weighted by Gasteiger charge is 2.43. The van der Waals surface area contributed by atoms with Crippen molar-refractivity contribution in [1.82, 2.24) is 0 Å². The van der Waals surface area contributed by atoms with E-state index in [-0.39, 0.29) is 43.5 Å². The summed E-state index contributed by atoms with van der Waals surface area (Å²) in [5, 5.41) is 30.0. The molecule has 0 aromatic heterocycles. The zero-order valence-corrected chi connectivity index (χ0v) is 19.2. The third-order valence-electron chi connectivity index (χ3n) is 6.48. The Morgan fingerprint density at radius 1 is 1.32 bits per heavy atom. The molecule has 0 amide bonds. The van der Waals surface area contributed by atoms with Crippen molar-refractivity contribution in [2.24, 2.45) is 17.8 Å². The van der Waals surface area contributed by atoms with Crippen molar-refractivity contribution in [3.63, 3.8) is 0 Å². The lowest BCUT2D eigenvalue weighted by atomic mass is 9.87. The number of carbonyl (C=O) groups excluding carboxylic acids is 1. The maximum Gasteiger partial charge on any atom is 0.340 e. The molecule has 1 aliphatic heterocycles. The van der Waals surface area contributed by atoms with Gasteiger partial charge in [0.15, 0.2) is 5.78 Å². The van der Waals surface area contributed by atoms with Crippen LogP contribution in [-0.2, 0) is 19.1 Å². The molecule has 3 N–H and O–H groups in total. The van der Waals surface area contributed by atoms with Gasteiger partial charge in [-0.3, -0.25) is 4.79 Å². The van der Waals surface area contributed by atoms with Crippen molar-refractivity contribution in [2.45, 2.75) is 57.0 Å². The number of hydrogen-bond acceptors (Lipinski definition) is 7. The van der Waals surface area contributed by atoms with E-state index >= 15 is 0 Å². The van der Waals surface area contributed by atoms with Crippen LogP contribution in [-0.4, -0.2) is 71.3 Å². The van der Waals surface area contributed by atoms with Crippen LogP contribution in [0.5, 0.6) is 5.75 Å². The number of aliphatic carboxylic acids is 1. The predicted molar refractivity (Wildman–Crippen MR) is 120 cm³/mol. The first kappa shape index (κ1) is 26.3. The molecular weight excluding hydrogens is 447 g/mol. The number of rotatable bonds is 11. The summed E-state index contributed by atoms with van der Waals surface area (Å²) >= 11 is 0. The lowest BCUT2D eigenvalue weighted by molar-refractivity contribution is -0.157. The zero-order valence-electron chi connectivity index (χ0n) is 19.2. The molecule has 7 atom stereocenters. The molecule has 1 aromatic rings. The van der Waals surface area contributed by atoms with Crippen molar-refractivity contribution in [3.8, 4) is 5.75 Å². The smallest absolute Gasteiger partial charge is 0.340 e. The summed E-state index contributed by atoms with van der Waals surface area (Å²) in [6.07, 6.45) is 2.23. The second kappa shape index (κ2) is 12.4. The molecule has 2 aliphatic rings. The minimum Gasteiger partial charge on any atom is -0.490 e. The van der Waals surface area contributed by atoms with Gasteiger partial charge in [-0.15, -0.1) is 0 Å². The average molecular weight is 481 g/mol. The number of benzene rings is 1. The average Bonchev–Trinajstić information content (AvgIpc) is 2.97. The number of carboxylic acid groups (broad SMARTS) is 1. The molecule has 1 aliphatic carbocycles. The number of aliphatic hydroxyl groups is 2. The number of ether oxygens (including phenoxy) is 3. The molecule has 1 saturated carbocycles. The van der Waals surface area contributed by atoms with Crippen molar-refractivity contribution >= 4 is 11.8 Å². The lowest BCUT2D eigenvalue weighted by Crippen LogP contribution is -2.34.